The molecule has 0 atom stereocenters. The summed E-state index contributed by atoms with van der Waals surface area (Å²) in [6, 6.07) is 0. The molecule has 3 aromatic heterocycles. The zero-order valence-electron chi connectivity index (χ0n) is 9.53. The Morgan fingerprint density at radius 3 is 3.06 bits per heavy atom. The molecule has 0 aliphatic heterocycles. The molecule has 0 saturated heterocycles. The number of aliphatic hydroxyl groups excluding tert-OH is 1. The molecule has 5 nitrogen and oxygen atoms in total. The van der Waals surface area contributed by atoms with E-state index in [2.05, 4.69) is 14.3 Å². The highest BCUT2D eigenvalue weighted by Crippen LogP contribution is 2.32. The van der Waals surface area contributed by atoms with E-state index in [0.29, 0.717) is 0 Å². The fraction of sp³-hybridized carbons (Fsp3) is 0.300. The fourth-order valence-electron chi connectivity index (χ4n) is 1.54. The van der Waals surface area contributed by atoms with Crippen molar-refractivity contribution in [1.82, 2.24) is 18.7 Å². The highest BCUT2D eigenvalue weighted by atomic mass is 32.2. The Kier molecular flexibility index (Phi) is 3.33. The molecule has 3 rings (SSSR count). The van der Waals surface area contributed by atoms with Crippen LogP contribution in [0.4, 0.5) is 0 Å². The van der Waals surface area contributed by atoms with E-state index in [0.717, 1.165) is 32.3 Å². The summed E-state index contributed by atoms with van der Waals surface area (Å²) < 4.78 is 7.02. The van der Waals surface area contributed by atoms with Gasteiger partial charge in [-0.3, -0.25) is 4.40 Å². The van der Waals surface area contributed by atoms with Crippen LogP contribution in [-0.4, -0.2) is 23.8 Å². The van der Waals surface area contributed by atoms with Gasteiger partial charge in [-0.05, 0) is 23.3 Å². The maximum absolute atomic E-state index is 9.45. The van der Waals surface area contributed by atoms with Crippen LogP contribution in [0, 0.1) is 0 Å². The number of aliphatic hydroxyl groups is 1. The molecule has 3 heterocycles. The summed E-state index contributed by atoms with van der Waals surface area (Å²) in [5, 5.41) is 12.2. The maximum atomic E-state index is 9.45. The average Bonchev–Trinajstić information content (AvgIpc) is 3.04. The average molecular weight is 298 g/mol. The van der Waals surface area contributed by atoms with Crippen molar-refractivity contribution < 1.29 is 5.11 Å². The van der Waals surface area contributed by atoms with E-state index >= 15 is 0 Å². The Labute approximate surface area is 116 Å². The SMILES string of the molecule is CCc1nsc(Sc2nc3sccn3c2CO)n1. The minimum Gasteiger partial charge on any atom is -0.390 e. The second-order valence-corrected chi connectivity index (χ2v) is 6.37. The summed E-state index contributed by atoms with van der Waals surface area (Å²) in [5.41, 5.74) is 0.810. The maximum Gasteiger partial charge on any atom is 0.195 e. The first-order valence-electron chi connectivity index (χ1n) is 5.37. The molecule has 94 valence electrons. The van der Waals surface area contributed by atoms with Crippen molar-refractivity contribution in [3.05, 3.63) is 23.1 Å². The molecule has 0 saturated carbocycles. The normalized spacial score (nSPS) is 11.4. The number of fused-ring (bicyclic) bond motifs is 1. The minimum absolute atomic E-state index is 0.0281. The molecule has 3 aromatic rings. The largest absolute Gasteiger partial charge is 0.390 e. The lowest BCUT2D eigenvalue weighted by Gasteiger charge is -1.96. The van der Waals surface area contributed by atoms with Crippen molar-refractivity contribution >= 4 is 39.6 Å². The number of aryl methyl sites for hydroxylation is 1. The lowest BCUT2D eigenvalue weighted by atomic mass is 10.5. The molecule has 0 aliphatic carbocycles. The molecule has 0 bridgehead atoms. The second kappa shape index (κ2) is 4.96. The highest BCUT2D eigenvalue weighted by Gasteiger charge is 2.15. The number of rotatable bonds is 4. The van der Waals surface area contributed by atoms with Crippen molar-refractivity contribution in [3.8, 4) is 0 Å². The number of hydrogen-bond acceptors (Lipinski definition) is 7. The van der Waals surface area contributed by atoms with E-state index in [1.165, 1.54) is 23.3 Å². The molecule has 0 aliphatic rings. The molecule has 0 unspecified atom stereocenters. The van der Waals surface area contributed by atoms with Gasteiger partial charge in [0.25, 0.3) is 0 Å². The van der Waals surface area contributed by atoms with Crippen LogP contribution in [0.2, 0.25) is 0 Å². The van der Waals surface area contributed by atoms with Crippen molar-refractivity contribution in [2.24, 2.45) is 0 Å². The smallest absolute Gasteiger partial charge is 0.195 e. The first-order valence-corrected chi connectivity index (χ1v) is 7.84. The molecule has 0 radical (unpaired) electrons. The third kappa shape index (κ3) is 2.05. The fourth-order valence-corrected chi connectivity index (χ4v) is 4.06. The summed E-state index contributed by atoms with van der Waals surface area (Å²) in [5.74, 6) is 0.856. The van der Waals surface area contributed by atoms with E-state index in [9.17, 15) is 5.11 Å². The zero-order chi connectivity index (χ0) is 12.5. The zero-order valence-corrected chi connectivity index (χ0v) is 12.0. The van der Waals surface area contributed by atoms with Crippen LogP contribution in [0.1, 0.15) is 18.4 Å². The number of hydrogen-bond donors (Lipinski definition) is 1. The van der Waals surface area contributed by atoms with Crippen LogP contribution in [0.3, 0.4) is 0 Å². The van der Waals surface area contributed by atoms with Gasteiger partial charge in [-0.2, -0.15) is 4.37 Å². The Bertz CT molecular complexity index is 672. The lowest BCUT2D eigenvalue weighted by molar-refractivity contribution is 0.272. The van der Waals surface area contributed by atoms with Gasteiger partial charge in [0.2, 0.25) is 0 Å². The van der Waals surface area contributed by atoms with Gasteiger partial charge >= 0.3 is 0 Å². The van der Waals surface area contributed by atoms with Crippen molar-refractivity contribution in [1.29, 1.82) is 0 Å². The van der Waals surface area contributed by atoms with E-state index in [1.807, 2.05) is 22.9 Å². The van der Waals surface area contributed by atoms with Crippen molar-refractivity contribution in [3.63, 3.8) is 0 Å². The summed E-state index contributed by atoms with van der Waals surface area (Å²) in [6.07, 6.45) is 2.75. The van der Waals surface area contributed by atoms with Crippen LogP contribution in [-0.2, 0) is 13.0 Å². The third-order valence-corrected chi connectivity index (χ3v) is 4.99. The Balaban J connectivity index is 1.96. The van der Waals surface area contributed by atoms with E-state index < -0.39 is 0 Å². The molecular formula is C10H10N4OS3. The van der Waals surface area contributed by atoms with Gasteiger partial charge in [0.1, 0.15) is 10.9 Å². The molecule has 18 heavy (non-hydrogen) atoms. The minimum atomic E-state index is -0.0281. The quantitative estimate of drug-likeness (QED) is 0.801. The summed E-state index contributed by atoms with van der Waals surface area (Å²) in [6.45, 7) is 2.00. The number of aromatic nitrogens is 4. The first-order chi connectivity index (χ1) is 8.81. The summed E-state index contributed by atoms with van der Waals surface area (Å²) in [4.78, 5) is 9.78. The van der Waals surface area contributed by atoms with Gasteiger partial charge in [-0.25, -0.2) is 9.97 Å². The molecule has 8 heteroatoms. The van der Waals surface area contributed by atoms with Gasteiger partial charge in [-0.1, -0.05) is 6.92 Å². The number of nitrogens with zero attached hydrogens (tertiary/aromatic N) is 4. The van der Waals surface area contributed by atoms with Crippen molar-refractivity contribution in [2.75, 3.05) is 0 Å². The monoisotopic (exact) mass is 298 g/mol. The van der Waals surface area contributed by atoms with Crippen LogP contribution < -0.4 is 0 Å². The van der Waals surface area contributed by atoms with E-state index in [-0.39, 0.29) is 6.61 Å². The van der Waals surface area contributed by atoms with Gasteiger partial charge < -0.3 is 5.11 Å². The van der Waals surface area contributed by atoms with Crippen LogP contribution in [0.25, 0.3) is 4.96 Å². The Morgan fingerprint density at radius 2 is 2.33 bits per heavy atom. The topological polar surface area (TPSA) is 63.3 Å². The number of imidazole rings is 1. The molecule has 0 fully saturated rings. The molecule has 0 spiro atoms. The summed E-state index contributed by atoms with van der Waals surface area (Å²) >= 11 is 4.39. The van der Waals surface area contributed by atoms with Crippen LogP contribution in [0.5, 0.6) is 0 Å². The predicted molar refractivity (Wildman–Crippen MR) is 72.4 cm³/mol. The third-order valence-electron chi connectivity index (χ3n) is 2.42. The van der Waals surface area contributed by atoms with Crippen LogP contribution >= 0.6 is 34.6 Å². The molecular weight excluding hydrogens is 288 g/mol. The number of thiazole rings is 1. The molecule has 0 aromatic carbocycles. The van der Waals surface area contributed by atoms with Gasteiger partial charge in [0.15, 0.2) is 9.30 Å². The van der Waals surface area contributed by atoms with Gasteiger partial charge in [-0.15, -0.1) is 11.3 Å². The predicted octanol–water partition coefficient (Wildman–Crippen LogP) is 2.45. The van der Waals surface area contributed by atoms with E-state index in [4.69, 9.17) is 0 Å². The second-order valence-electron chi connectivity index (χ2n) is 3.51. The lowest BCUT2D eigenvalue weighted by Crippen LogP contribution is -1.90. The Morgan fingerprint density at radius 1 is 1.44 bits per heavy atom. The first kappa shape index (κ1) is 12.1. The standard InChI is InChI=1S/C10H10N4OS3/c1-2-7-11-10(18-13-7)17-8-6(5-15)14-3-4-16-9(14)12-8/h3-4,15H,2,5H2,1H3. The van der Waals surface area contributed by atoms with Crippen molar-refractivity contribution in [2.45, 2.75) is 29.3 Å². The van der Waals surface area contributed by atoms with Crippen LogP contribution in [0.15, 0.2) is 20.9 Å². The Hall–Kier alpha value is -0.960. The molecule has 1 N–H and O–H groups in total. The highest BCUT2D eigenvalue weighted by molar-refractivity contribution is 8.00. The summed E-state index contributed by atoms with van der Waals surface area (Å²) in [7, 11) is 0. The molecule has 0 amide bonds. The van der Waals surface area contributed by atoms with Gasteiger partial charge in [0.05, 0.1) is 12.3 Å². The van der Waals surface area contributed by atoms with E-state index in [1.54, 1.807) is 11.3 Å². The van der Waals surface area contributed by atoms with Gasteiger partial charge in [0, 0.05) is 18.0 Å².